The van der Waals surface area contributed by atoms with Crippen molar-refractivity contribution in [2.75, 3.05) is 11.9 Å². The van der Waals surface area contributed by atoms with Crippen molar-refractivity contribution in [2.24, 2.45) is 0 Å². The van der Waals surface area contributed by atoms with E-state index in [4.69, 9.17) is 0 Å². The number of amides is 1. The Labute approximate surface area is 121 Å². The van der Waals surface area contributed by atoms with Crippen LogP contribution in [0.3, 0.4) is 0 Å². The number of carbonyl (C=O) groups is 2. The van der Waals surface area contributed by atoms with E-state index in [0.29, 0.717) is 23.8 Å². The predicted octanol–water partition coefficient (Wildman–Crippen LogP) is 1.58. The molecule has 0 aliphatic heterocycles. The lowest BCUT2D eigenvalue weighted by molar-refractivity contribution is -0.139. The molecule has 1 aliphatic rings. The molecule has 0 aromatic carbocycles. The third-order valence-electron chi connectivity index (χ3n) is 3.34. The molecule has 0 bridgehead atoms. The Hall–Kier alpha value is -1.63. The van der Waals surface area contributed by atoms with Gasteiger partial charge in [-0.25, -0.2) is 4.98 Å². The molecular formula is C13H19N3O3S. The number of nitrogens with one attached hydrogen (secondary N) is 2. The van der Waals surface area contributed by atoms with Crippen LogP contribution in [-0.2, 0) is 16.0 Å². The molecule has 2 atom stereocenters. The topological polar surface area (TPSA) is 91.3 Å². The van der Waals surface area contributed by atoms with Gasteiger partial charge in [-0.15, -0.1) is 11.3 Å². The van der Waals surface area contributed by atoms with Crippen LogP contribution in [0.5, 0.6) is 0 Å². The van der Waals surface area contributed by atoms with E-state index in [1.807, 2.05) is 6.92 Å². The number of likely N-dealkylation sites (N-methyl/N-ethyl adjacent to an activating group) is 1. The fraction of sp³-hybridized carbons (Fsp3) is 0.615. The molecule has 1 aliphatic carbocycles. The van der Waals surface area contributed by atoms with Crippen molar-refractivity contribution < 1.29 is 14.7 Å². The van der Waals surface area contributed by atoms with Gasteiger partial charge in [0.25, 0.3) is 0 Å². The summed E-state index contributed by atoms with van der Waals surface area (Å²) < 4.78 is 0. The molecule has 0 radical (unpaired) electrons. The third-order valence-corrected chi connectivity index (χ3v) is 4.40. The van der Waals surface area contributed by atoms with Crippen molar-refractivity contribution in [2.45, 2.75) is 45.1 Å². The number of nitrogens with zero attached hydrogens (tertiary/aromatic N) is 1. The first-order chi connectivity index (χ1) is 9.52. The van der Waals surface area contributed by atoms with Gasteiger partial charge in [0.15, 0.2) is 5.13 Å². The summed E-state index contributed by atoms with van der Waals surface area (Å²) in [5.41, 5.74) is 0.666. The second kappa shape index (κ2) is 6.21. The van der Waals surface area contributed by atoms with E-state index in [9.17, 15) is 14.7 Å². The lowest BCUT2D eigenvalue weighted by Crippen LogP contribution is -2.37. The molecule has 7 heteroatoms. The fourth-order valence-electron chi connectivity index (χ4n) is 2.30. The molecule has 2 rings (SSSR count). The molecular weight excluding hydrogens is 278 g/mol. The normalized spacial score (nSPS) is 19.0. The molecule has 1 amide bonds. The molecule has 0 fully saturated rings. The van der Waals surface area contributed by atoms with E-state index in [0.717, 1.165) is 17.7 Å². The van der Waals surface area contributed by atoms with Crippen LogP contribution in [-0.4, -0.2) is 34.6 Å². The first kappa shape index (κ1) is 14.8. The van der Waals surface area contributed by atoms with Crippen molar-refractivity contribution in [1.29, 1.82) is 0 Å². The quantitative estimate of drug-likeness (QED) is 0.767. The number of aromatic nitrogens is 1. The maximum absolute atomic E-state index is 11.7. The SMILES string of the molecule is CCNC(=O)C(C)Nc1nc2c(s1)CCCC2C(=O)O. The Bertz CT molecular complexity index is 515. The summed E-state index contributed by atoms with van der Waals surface area (Å²) in [4.78, 5) is 28.3. The Morgan fingerprint density at radius 3 is 2.95 bits per heavy atom. The number of carboxylic acids is 1. The molecule has 6 nitrogen and oxygen atoms in total. The maximum atomic E-state index is 11.7. The van der Waals surface area contributed by atoms with E-state index in [2.05, 4.69) is 15.6 Å². The summed E-state index contributed by atoms with van der Waals surface area (Å²) in [5.74, 6) is -1.42. The van der Waals surface area contributed by atoms with Gasteiger partial charge < -0.3 is 15.7 Å². The summed E-state index contributed by atoms with van der Waals surface area (Å²) in [6.45, 7) is 4.21. The summed E-state index contributed by atoms with van der Waals surface area (Å²) in [5, 5.41) is 15.6. The molecule has 1 aromatic heterocycles. The number of rotatable bonds is 5. The Morgan fingerprint density at radius 2 is 2.30 bits per heavy atom. The summed E-state index contributed by atoms with van der Waals surface area (Å²) >= 11 is 1.45. The van der Waals surface area contributed by atoms with Crippen molar-refractivity contribution in [3.8, 4) is 0 Å². The first-order valence-corrected chi connectivity index (χ1v) is 7.61. The largest absolute Gasteiger partial charge is 0.481 e. The van der Waals surface area contributed by atoms with E-state index < -0.39 is 11.9 Å². The molecule has 1 heterocycles. The number of aryl methyl sites for hydroxylation is 1. The number of hydrogen-bond donors (Lipinski definition) is 3. The van der Waals surface area contributed by atoms with Crippen molar-refractivity contribution >= 4 is 28.3 Å². The number of carboxylic acid groups (broad SMARTS) is 1. The summed E-state index contributed by atoms with van der Waals surface area (Å²) in [7, 11) is 0. The van der Waals surface area contributed by atoms with E-state index in [1.165, 1.54) is 11.3 Å². The Balaban J connectivity index is 2.12. The molecule has 1 aromatic rings. The van der Waals surface area contributed by atoms with Crippen molar-refractivity contribution in [1.82, 2.24) is 10.3 Å². The van der Waals surface area contributed by atoms with Gasteiger partial charge in [0.05, 0.1) is 5.69 Å². The molecule has 3 N–H and O–H groups in total. The number of anilines is 1. The predicted molar refractivity (Wildman–Crippen MR) is 77.2 cm³/mol. The number of thiazole rings is 1. The Morgan fingerprint density at radius 1 is 1.55 bits per heavy atom. The van der Waals surface area contributed by atoms with Crippen LogP contribution in [0.25, 0.3) is 0 Å². The standard InChI is InChI=1S/C13H19N3O3S/c1-3-14-11(17)7(2)15-13-16-10-8(12(18)19)5-4-6-9(10)20-13/h7-8H,3-6H2,1-2H3,(H,14,17)(H,15,16)(H,18,19). The average molecular weight is 297 g/mol. The minimum absolute atomic E-state index is 0.0875. The van der Waals surface area contributed by atoms with Gasteiger partial charge in [-0.2, -0.15) is 0 Å². The highest BCUT2D eigenvalue weighted by atomic mass is 32.1. The van der Waals surface area contributed by atoms with Crippen LogP contribution in [0.2, 0.25) is 0 Å². The van der Waals surface area contributed by atoms with Gasteiger partial charge in [0.1, 0.15) is 12.0 Å². The summed E-state index contributed by atoms with van der Waals surface area (Å²) in [6.07, 6.45) is 2.38. The smallest absolute Gasteiger partial charge is 0.312 e. The van der Waals surface area contributed by atoms with Crippen molar-refractivity contribution in [3.05, 3.63) is 10.6 Å². The maximum Gasteiger partial charge on any atom is 0.312 e. The minimum Gasteiger partial charge on any atom is -0.481 e. The van der Waals surface area contributed by atoms with Gasteiger partial charge in [0, 0.05) is 11.4 Å². The number of aliphatic carboxylic acids is 1. The highest BCUT2D eigenvalue weighted by Gasteiger charge is 2.30. The molecule has 110 valence electrons. The first-order valence-electron chi connectivity index (χ1n) is 6.79. The van der Waals surface area contributed by atoms with Crippen LogP contribution in [0.1, 0.15) is 43.2 Å². The molecule has 0 saturated carbocycles. The van der Waals surface area contributed by atoms with Crippen LogP contribution in [0.15, 0.2) is 0 Å². The zero-order valence-corrected chi connectivity index (χ0v) is 12.4. The van der Waals surface area contributed by atoms with Gasteiger partial charge in [0.2, 0.25) is 5.91 Å². The second-order valence-corrected chi connectivity index (χ2v) is 5.95. The summed E-state index contributed by atoms with van der Waals surface area (Å²) in [6, 6.07) is -0.383. The number of carbonyl (C=O) groups excluding carboxylic acids is 1. The monoisotopic (exact) mass is 297 g/mol. The van der Waals surface area contributed by atoms with Gasteiger partial charge in [-0.1, -0.05) is 0 Å². The van der Waals surface area contributed by atoms with E-state index in [1.54, 1.807) is 6.92 Å². The van der Waals surface area contributed by atoms with E-state index in [-0.39, 0.29) is 11.9 Å². The zero-order valence-electron chi connectivity index (χ0n) is 11.6. The third kappa shape index (κ3) is 3.09. The van der Waals surface area contributed by atoms with Gasteiger partial charge in [-0.05, 0) is 33.1 Å². The molecule has 2 unspecified atom stereocenters. The molecule has 0 spiro atoms. The lowest BCUT2D eigenvalue weighted by Gasteiger charge is -2.16. The highest BCUT2D eigenvalue weighted by molar-refractivity contribution is 7.15. The van der Waals surface area contributed by atoms with Crippen LogP contribution in [0.4, 0.5) is 5.13 Å². The van der Waals surface area contributed by atoms with E-state index >= 15 is 0 Å². The average Bonchev–Trinajstić information content (AvgIpc) is 2.80. The lowest BCUT2D eigenvalue weighted by atomic mass is 9.91. The minimum atomic E-state index is -0.820. The second-order valence-electron chi connectivity index (χ2n) is 4.87. The highest BCUT2D eigenvalue weighted by Crippen LogP contribution is 2.36. The van der Waals surface area contributed by atoms with Crippen LogP contribution >= 0.6 is 11.3 Å². The van der Waals surface area contributed by atoms with Crippen LogP contribution in [0, 0.1) is 0 Å². The van der Waals surface area contributed by atoms with Crippen LogP contribution < -0.4 is 10.6 Å². The Kier molecular flexibility index (Phi) is 4.59. The number of hydrogen-bond acceptors (Lipinski definition) is 5. The molecule has 20 heavy (non-hydrogen) atoms. The number of fused-ring (bicyclic) bond motifs is 1. The zero-order chi connectivity index (χ0) is 14.7. The van der Waals surface area contributed by atoms with Gasteiger partial charge in [-0.3, -0.25) is 9.59 Å². The van der Waals surface area contributed by atoms with Gasteiger partial charge >= 0.3 is 5.97 Å². The van der Waals surface area contributed by atoms with Crippen molar-refractivity contribution in [3.63, 3.8) is 0 Å². The molecule has 0 saturated heterocycles. The fourth-order valence-corrected chi connectivity index (χ4v) is 3.45.